The molecule has 220 valence electrons. The van der Waals surface area contributed by atoms with Crippen LogP contribution in [0.3, 0.4) is 0 Å². The maximum atomic E-state index is 15.0. The van der Waals surface area contributed by atoms with Gasteiger partial charge in [0.15, 0.2) is 11.6 Å². The zero-order chi connectivity index (χ0) is 29.7. The third kappa shape index (κ3) is 7.19. The second kappa shape index (κ2) is 13.4. The number of anilines is 1. The van der Waals surface area contributed by atoms with Crippen molar-refractivity contribution in [3.05, 3.63) is 65.3 Å². The van der Waals surface area contributed by atoms with Gasteiger partial charge in [-0.2, -0.15) is 0 Å². The van der Waals surface area contributed by atoms with Gasteiger partial charge in [0.05, 0.1) is 18.3 Å². The first kappa shape index (κ1) is 30.4. The van der Waals surface area contributed by atoms with Crippen molar-refractivity contribution in [2.75, 3.05) is 31.6 Å². The van der Waals surface area contributed by atoms with Crippen molar-refractivity contribution in [2.24, 2.45) is 15.9 Å². The largest absolute Gasteiger partial charge is 0.351 e. The molecule has 1 atom stereocenters. The van der Waals surface area contributed by atoms with Gasteiger partial charge >= 0.3 is 0 Å². The molecule has 0 amide bonds. The average molecular weight is 572 g/mol. The van der Waals surface area contributed by atoms with Gasteiger partial charge in [0.25, 0.3) is 6.43 Å². The summed E-state index contributed by atoms with van der Waals surface area (Å²) in [5, 5.41) is 3.07. The summed E-state index contributed by atoms with van der Waals surface area (Å²) < 4.78 is 57.3. The van der Waals surface area contributed by atoms with Crippen LogP contribution in [0, 0.1) is 18.7 Å². The molecule has 1 N–H and O–H groups in total. The molecule has 11 heteroatoms. The first-order valence-electron chi connectivity index (χ1n) is 13.8. The molecule has 0 saturated carbocycles. The fraction of sp³-hybridized carbons (Fsp3) is 0.467. The van der Waals surface area contributed by atoms with Crippen molar-refractivity contribution in [2.45, 2.75) is 58.9 Å². The molecular weight excluding hydrogens is 534 g/mol. The van der Waals surface area contributed by atoms with E-state index in [9.17, 15) is 8.78 Å². The summed E-state index contributed by atoms with van der Waals surface area (Å²) >= 11 is 0. The standard InChI is InChI=1S/C30H37F4N7/c1-18(2)41-20(4)39-30-24(31)12-23(13-26(30)41)29(25(32)15-35-5)38-17-37-28-7-6-22(14-36-28)19(3)21-8-10-40(11-9-21)16-27(33)34/h6-7,12-15,18-19,21,27H,5,8-11,16-17H2,1-4H3,(H,36,37)/b25-15+,38-29-. The number of halogens is 4. The summed E-state index contributed by atoms with van der Waals surface area (Å²) in [6, 6.07) is 6.75. The molecule has 1 aromatic carbocycles. The second-order valence-corrected chi connectivity index (χ2v) is 10.7. The second-order valence-electron chi connectivity index (χ2n) is 10.7. The Kier molecular flexibility index (Phi) is 9.90. The number of allylic oxidation sites excluding steroid dienone is 1. The van der Waals surface area contributed by atoms with Crippen LogP contribution in [0.2, 0.25) is 0 Å². The molecular formula is C30H37F4N7. The highest BCUT2D eigenvalue weighted by Gasteiger charge is 2.26. The van der Waals surface area contributed by atoms with Crippen molar-refractivity contribution in [1.29, 1.82) is 0 Å². The first-order chi connectivity index (χ1) is 19.6. The van der Waals surface area contributed by atoms with Crippen LogP contribution < -0.4 is 5.32 Å². The van der Waals surface area contributed by atoms with E-state index < -0.39 is 18.1 Å². The monoisotopic (exact) mass is 571 g/mol. The van der Waals surface area contributed by atoms with Crippen molar-refractivity contribution in [3.63, 3.8) is 0 Å². The topological polar surface area (TPSA) is 70.7 Å². The van der Waals surface area contributed by atoms with E-state index in [1.807, 2.05) is 35.4 Å². The van der Waals surface area contributed by atoms with Gasteiger partial charge in [-0.15, -0.1) is 0 Å². The average Bonchev–Trinajstić information content (AvgIpc) is 3.28. The molecule has 1 aliphatic heterocycles. The number of alkyl halides is 2. The summed E-state index contributed by atoms with van der Waals surface area (Å²) in [5.74, 6) is 0.551. The summed E-state index contributed by atoms with van der Waals surface area (Å²) in [4.78, 5) is 18.5. The molecule has 0 bridgehead atoms. The number of hydrogen-bond donors (Lipinski definition) is 1. The highest BCUT2D eigenvalue weighted by Crippen LogP contribution is 2.32. The van der Waals surface area contributed by atoms with E-state index in [-0.39, 0.29) is 42.0 Å². The summed E-state index contributed by atoms with van der Waals surface area (Å²) in [6.45, 7) is 12.4. The number of piperidine rings is 1. The molecule has 1 unspecified atom stereocenters. The number of hydrogen-bond acceptors (Lipinski definition) is 6. The predicted molar refractivity (Wildman–Crippen MR) is 156 cm³/mol. The normalized spacial score (nSPS) is 16.6. The number of nitrogens with zero attached hydrogens (tertiary/aromatic N) is 6. The number of likely N-dealkylation sites (tertiary alicyclic amines) is 1. The first-order valence-corrected chi connectivity index (χ1v) is 13.8. The van der Waals surface area contributed by atoms with Crippen molar-refractivity contribution < 1.29 is 17.6 Å². The smallest absolute Gasteiger partial charge is 0.251 e. The maximum Gasteiger partial charge on any atom is 0.251 e. The maximum absolute atomic E-state index is 15.0. The molecule has 41 heavy (non-hydrogen) atoms. The highest BCUT2D eigenvalue weighted by molar-refractivity contribution is 6.12. The number of aliphatic imine (C=N–C) groups is 2. The Morgan fingerprint density at radius 3 is 2.54 bits per heavy atom. The molecule has 3 aromatic rings. The Morgan fingerprint density at radius 2 is 1.93 bits per heavy atom. The highest BCUT2D eigenvalue weighted by atomic mass is 19.3. The molecule has 0 radical (unpaired) electrons. The molecule has 2 aromatic heterocycles. The van der Waals surface area contributed by atoms with Crippen molar-refractivity contribution in [1.82, 2.24) is 19.4 Å². The van der Waals surface area contributed by atoms with Gasteiger partial charge in [-0.05, 0) is 89.0 Å². The predicted octanol–water partition coefficient (Wildman–Crippen LogP) is 6.91. The van der Waals surface area contributed by atoms with Crippen LogP contribution in [0.4, 0.5) is 23.4 Å². The van der Waals surface area contributed by atoms with E-state index >= 15 is 8.78 Å². The van der Waals surface area contributed by atoms with Gasteiger partial charge < -0.3 is 9.88 Å². The molecule has 0 aliphatic carbocycles. The minimum atomic E-state index is -2.30. The lowest BCUT2D eigenvalue weighted by molar-refractivity contribution is 0.0664. The van der Waals surface area contributed by atoms with Gasteiger partial charge in [-0.1, -0.05) is 13.0 Å². The van der Waals surface area contributed by atoms with E-state index in [0.717, 1.165) is 24.6 Å². The molecule has 1 aliphatic rings. The number of fused-ring (bicyclic) bond motifs is 1. The molecule has 3 heterocycles. The molecule has 0 spiro atoms. The van der Waals surface area contributed by atoms with Crippen LogP contribution in [-0.4, -0.2) is 64.6 Å². The molecule has 7 nitrogen and oxygen atoms in total. The third-order valence-corrected chi connectivity index (χ3v) is 7.69. The number of benzene rings is 1. The zero-order valence-corrected chi connectivity index (χ0v) is 23.9. The summed E-state index contributed by atoms with van der Waals surface area (Å²) in [7, 11) is 0. The van der Waals surface area contributed by atoms with Crippen LogP contribution in [-0.2, 0) is 0 Å². The molecule has 1 fully saturated rings. The van der Waals surface area contributed by atoms with E-state index in [0.29, 0.717) is 36.2 Å². The van der Waals surface area contributed by atoms with Gasteiger partial charge in [0.1, 0.15) is 29.5 Å². The zero-order valence-electron chi connectivity index (χ0n) is 23.9. The van der Waals surface area contributed by atoms with Crippen LogP contribution in [0.25, 0.3) is 11.0 Å². The minimum absolute atomic E-state index is 0.0135. The number of pyridine rings is 1. The Balaban J connectivity index is 1.48. The Labute approximate surface area is 238 Å². The SMILES string of the molecule is C=N/C=C(F)\C(=N/CNc1ccc(C(C)C2CCN(CC(F)F)CC2)cn1)c1cc(F)c2nc(C)n(C(C)C)c2c1. The van der Waals surface area contributed by atoms with E-state index in [2.05, 4.69) is 38.9 Å². The number of aromatic nitrogens is 3. The third-order valence-electron chi connectivity index (χ3n) is 7.69. The lowest BCUT2D eigenvalue weighted by Crippen LogP contribution is -2.38. The fourth-order valence-corrected chi connectivity index (χ4v) is 5.59. The van der Waals surface area contributed by atoms with Gasteiger partial charge in [0.2, 0.25) is 0 Å². The lowest BCUT2D eigenvalue weighted by atomic mass is 9.82. The number of rotatable bonds is 11. The van der Waals surface area contributed by atoms with Crippen molar-refractivity contribution in [3.8, 4) is 0 Å². The van der Waals surface area contributed by atoms with Crippen LogP contribution >= 0.6 is 0 Å². The Bertz CT molecular complexity index is 1400. The minimum Gasteiger partial charge on any atom is -0.351 e. The molecule has 4 rings (SSSR count). The van der Waals surface area contributed by atoms with Gasteiger partial charge in [-0.25, -0.2) is 27.5 Å². The number of imidazole rings is 1. The summed E-state index contributed by atoms with van der Waals surface area (Å²) in [5.41, 5.74) is 2.04. The van der Waals surface area contributed by atoms with E-state index in [1.165, 1.54) is 6.07 Å². The number of aryl methyl sites for hydroxylation is 1. The van der Waals surface area contributed by atoms with Gasteiger partial charge in [-0.3, -0.25) is 14.9 Å². The van der Waals surface area contributed by atoms with E-state index in [1.54, 1.807) is 19.2 Å². The van der Waals surface area contributed by atoms with Crippen LogP contribution in [0.5, 0.6) is 0 Å². The fourth-order valence-electron chi connectivity index (χ4n) is 5.59. The van der Waals surface area contributed by atoms with Crippen LogP contribution in [0.15, 0.2) is 52.5 Å². The Hall–Kier alpha value is -3.60. The lowest BCUT2D eigenvalue weighted by Gasteiger charge is -2.34. The van der Waals surface area contributed by atoms with Crippen molar-refractivity contribution >= 4 is 29.3 Å². The number of nitrogens with one attached hydrogen (secondary N) is 1. The van der Waals surface area contributed by atoms with Crippen LogP contribution in [0.1, 0.15) is 62.5 Å². The quantitative estimate of drug-likeness (QED) is 0.201. The van der Waals surface area contributed by atoms with Gasteiger partial charge in [0, 0.05) is 17.8 Å². The Morgan fingerprint density at radius 1 is 1.20 bits per heavy atom. The summed E-state index contributed by atoms with van der Waals surface area (Å²) in [6.07, 6.45) is 2.17. The van der Waals surface area contributed by atoms with E-state index in [4.69, 9.17) is 0 Å². The molecule has 1 saturated heterocycles.